The molecule has 3 heterocycles. The molecule has 1 saturated carbocycles. The van der Waals surface area contributed by atoms with Crippen LogP contribution in [0.15, 0.2) is 0 Å². The summed E-state index contributed by atoms with van der Waals surface area (Å²) in [6.07, 6.45) is 4.88. The Hall–Kier alpha value is -2.12. The van der Waals surface area contributed by atoms with Crippen LogP contribution in [-0.2, 0) is 14.4 Å². The average molecular weight is 376 g/mol. The molecule has 8 heteroatoms. The molecule has 3 aliphatic heterocycles. The van der Waals surface area contributed by atoms with E-state index in [0.29, 0.717) is 25.4 Å². The lowest BCUT2D eigenvalue weighted by molar-refractivity contribution is -0.146. The zero-order valence-electron chi connectivity index (χ0n) is 16.1. The lowest BCUT2D eigenvalue weighted by atomic mass is 9.78. The number of imide groups is 1. The fourth-order valence-corrected chi connectivity index (χ4v) is 4.60. The van der Waals surface area contributed by atoms with E-state index in [9.17, 15) is 19.2 Å². The zero-order valence-corrected chi connectivity index (χ0v) is 16.1. The van der Waals surface area contributed by atoms with E-state index in [0.717, 1.165) is 30.8 Å². The van der Waals surface area contributed by atoms with Crippen LogP contribution in [-0.4, -0.2) is 76.7 Å². The molecule has 148 valence electrons. The van der Waals surface area contributed by atoms with Gasteiger partial charge in [0.1, 0.15) is 12.1 Å². The number of nitrogens with one attached hydrogen (secondary N) is 1. The van der Waals surface area contributed by atoms with Crippen molar-refractivity contribution in [3.05, 3.63) is 0 Å². The molecule has 1 unspecified atom stereocenters. The Kier molecular flexibility index (Phi) is 4.20. The fourth-order valence-electron chi connectivity index (χ4n) is 4.60. The third-order valence-electron chi connectivity index (χ3n) is 6.44. The summed E-state index contributed by atoms with van der Waals surface area (Å²) in [4.78, 5) is 54.8. The predicted octanol–water partition coefficient (Wildman–Crippen LogP) is 0.568. The van der Waals surface area contributed by atoms with Crippen LogP contribution in [0, 0.1) is 11.3 Å². The van der Waals surface area contributed by atoms with Crippen LogP contribution in [0.1, 0.15) is 46.0 Å². The van der Waals surface area contributed by atoms with E-state index in [4.69, 9.17) is 0 Å². The molecule has 0 radical (unpaired) electrons. The van der Waals surface area contributed by atoms with Crippen molar-refractivity contribution in [3.63, 3.8) is 0 Å². The summed E-state index contributed by atoms with van der Waals surface area (Å²) in [6.45, 7) is 5.57. The Labute approximate surface area is 159 Å². The molecule has 4 fully saturated rings. The van der Waals surface area contributed by atoms with Crippen molar-refractivity contribution in [3.8, 4) is 0 Å². The fraction of sp³-hybridized carbons (Fsp3) is 0.789. The van der Waals surface area contributed by atoms with E-state index in [1.807, 2.05) is 4.90 Å². The number of hydrogen-bond donors (Lipinski definition) is 1. The normalized spacial score (nSPS) is 30.4. The first kappa shape index (κ1) is 18.3. The van der Waals surface area contributed by atoms with Crippen LogP contribution in [0.4, 0.5) is 4.79 Å². The number of amides is 5. The minimum Gasteiger partial charge on any atom is -0.342 e. The second kappa shape index (κ2) is 6.21. The quantitative estimate of drug-likeness (QED) is 0.727. The van der Waals surface area contributed by atoms with Gasteiger partial charge in [-0.2, -0.15) is 0 Å². The van der Waals surface area contributed by atoms with Crippen molar-refractivity contribution >= 4 is 23.8 Å². The highest BCUT2D eigenvalue weighted by molar-refractivity contribution is 6.08. The molecule has 4 aliphatic rings. The monoisotopic (exact) mass is 376 g/mol. The van der Waals surface area contributed by atoms with Gasteiger partial charge in [-0.15, -0.1) is 0 Å². The van der Waals surface area contributed by atoms with Crippen molar-refractivity contribution < 1.29 is 19.2 Å². The van der Waals surface area contributed by atoms with Gasteiger partial charge >= 0.3 is 6.03 Å². The Morgan fingerprint density at radius 2 is 1.85 bits per heavy atom. The lowest BCUT2D eigenvalue weighted by Crippen LogP contribution is -2.51. The first-order valence-corrected chi connectivity index (χ1v) is 9.93. The van der Waals surface area contributed by atoms with Crippen LogP contribution in [0.5, 0.6) is 0 Å². The highest BCUT2D eigenvalue weighted by Gasteiger charge is 2.51. The maximum atomic E-state index is 13.1. The molecule has 0 aromatic heterocycles. The number of hydrogen-bond acceptors (Lipinski definition) is 4. The SMILES string of the molecule is CC1(C)NC(=O)N(CC(=O)N2CCC3(CCCN(CC4CC4)C3=O)C2)C1=O. The van der Waals surface area contributed by atoms with Gasteiger partial charge in [-0.05, 0) is 51.9 Å². The van der Waals surface area contributed by atoms with Crippen LogP contribution in [0.2, 0.25) is 0 Å². The second-order valence-corrected chi connectivity index (χ2v) is 9.09. The molecule has 1 aliphatic carbocycles. The van der Waals surface area contributed by atoms with Crippen LogP contribution in [0.3, 0.4) is 0 Å². The van der Waals surface area contributed by atoms with Gasteiger partial charge in [-0.25, -0.2) is 4.79 Å². The number of nitrogens with zero attached hydrogens (tertiary/aromatic N) is 3. The molecule has 0 aromatic carbocycles. The molecule has 3 saturated heterocycles. The molecule has 8 nitrogen and oxygen atoms in total. The number of carbonyl (C=O) groups is 4. The van der Waals surface area contributed by atoms with Crippen LogP contribution >= 0.6 is 0 Å². The first-order valence-electron chi connectivity index (χ1n) is 9.93. The maximum Gasteiger partial charge on any atom is 0.325 e. The Morgan fingerprint density at radius 3 is 2.48 bits per heavy atom. The van der Waals surface area contributed by atoms with E-state index in [1.165, 1.54) is 12.8 Å². The third kappa shape index (κ3) is 3.19. The molecule has 1 spiro atoms. The minimum absolute atomic E-state index is 0.187. The van der Waals surface area contributed by atoms with E-state index in [2.05, 4.69) is 5.32 Å². The molecule has 27 heavy (non-hydrogen) atoms. The molecule has 0 bridgehead atoms. The average Bonchev–Trinajstić information content (AvgIpc) is 3.28. The summed E-state index contributed by atoms with van der Waals surface area (Å²) in [6, 6.07) is -0.531. The van der Waals surface area contributed by atoms with Crippen LogP contribution < -0.4 is 5.32 Å². The zero-order chi connectivity index (χ0) is 19.4. The van der Waals surface area contributed by atoms with Gasteiger partial charge in [0.2, 0.25) is 11.8 Å². The molecule has 1 N–H and O–H groups in total. The standard InChI is InChI=1S/C19H28N4O4/c1-18(2)15(25)23(17(27)20-18)11-14(24)22-9-7-19(12-22)6-3-8-21(16(19)26)10-13-4-5-13/h13H,3-12H2,1-2H3,(H,20,27). The van der Waals surface area contributed by atoms with Crippen molar-refractivity contribution in [1.29, 1.82) is 0 Å². The molecule has 5 amide bonds. The summed E-state index contributed by atoms with van der Waals surface area (Å²) < 4.78 is 0. The third-order valence-corrected chi connectivity index (χ3v) is 6.44. The van der Waals surface area contributed by atoms with Crippen LogP contribution in [0.25, 0.3) is 0 Å². The topological polar surface area (TPSA) is 90.0 Å². The first-order chi connectivity index (χ1) is 12.7. The minimum atomic E-state index is -0.980. The van der Waals surface area contributed by atoms with Gasteiger partial charge in [0.25, 0.3) is 5.91 Å². The summed E-state index contributed by atoms with van der Waals surface area (Å²) in [5, 5.41) is 2.59. The summed E-state index contributed by atoms with van der Waals surface area (Å²) >= 11 is 0. The largest absolute Gasteiger partial charge is 0.342 e. The number of likely N-dealkylation sites (tertiary alicyclic amines) is 2. The Balaban J connectivity index is 1.40. The molecular formula is C19H28N4O4. The van der Waals surface area contributed by atoms with Gasteiger partial charge in [-0.3, -0.25) is 19.3 Å². The summed E-state index contributed by atoms with van der Waals surface area (Å²) in [5.41, 5.74) is -1.45. The van der Waals surface area contributed by atoms with Crippen molar-refractivity contribution in [2.45, 2.75) is 51.5 Å². The molecular weight excluding hydrogens is 348 g/mol. The predicted molar refractivity (Wildman–Crippen MR) is 96.5 cm³/mol. The second-order valence-electron chi connectivity index (χ2n) is 9.09. The number of piperidine rings is 1. The highest BCUT2D eigenvalue weighted by Crippen LogP contribution is 2.41. The molecule has 4 rings (SSSR count). The van der Waals surface area contributed by atoms with Gasteiger partial charge in [0.15, 0.2) is 0 Å². The number of rotatable bonds is 4. The lowest BCUT2D eigenvalue weighted by Gasteiger charge is -2.39. The van der Waals surface area contributed by atoms with Crippen molar-refractivity contribution in [2.24, 2.45) is 11.3 Å². The summed E-state index contributed by atoms with van der Waals surface area (Å²) in [5.74, 6) is 0.192. The summed E-state index contributed by atoms with van der Waals surface area (Å²) in [7, 11) is 0. The number of urea groups is 1. The molecule has 1 atom stereocenters. The van der Waals surface area contributed by atoms with E-state index in [1.54, 1.807) is 18.7 Å². The van der Waals surface area contributed by atoms with Gasteiger partial charge < -0.3 is 15.1 Å². The maximum absolute atomic E-state index is 13.1. The van der Waals surface area contributed by atoms with E-state index >= 15 is 0 Å². The molecule has 0 aromatic rings. The highest BCUT2D eigenvalue weighted by atomic mass is 16.2. The van der Waals surface area contributed by atoms with Crippen molar-refractivity contribution in [2.75, 3.05) is 32.7 Å². The smallest absolute Gasteiger partial charge is 0.325 e. The number of carbonyl (C=O) groups excluding carboxylic acids is 4. The van der Waals surface area contributed by atoms with E-state index < -0.39 is 17.0 Å². The van der Waals surface area contributed by atoms with E-state index in [-0.39, 0.29) is 24.3 Å². The Bertz CT molecular complexity index is 702. The Morgan fingerprint density at radius 1 is 1.11 bits per heavy atom. The van der Waals surface area contributed by atoms with Crippen molar-refractivity contribution in [1.82, 2.24) is 20.0 Å². The van der Waals surface area contributed by atoms with Gasteiger partial charge in [0, 0.05) is 26.2 Å². The van der Waals surface area contributed by atoms with Gasteiger partial charge in [0.05, 0.1) is 5.41 Å². The van der Waals surface area contributed by atoms with Gasteiger partial charge in [-0.1, -0.05) is 0 Å².